The number of nitrogens with zero attached hydrogens (tertiary/aromatic N) is 1. The molecule has 3 rings (SSSR count). The number of fused-ring (bicyclic) bond motifs is 1. The van der Waals surface area contributed by atoms with Crippen LogP contribution in [0.2, 0.25) is 0 Å². The molecule has 0 saturated heterocycles. The van der Waals surface area contributed by atoms with Gasteiger partial charge in [-0.3, -0.25) is 4.98 Å². The van der Waals surface area contributed by atoms with Crippen molar-refractivity contribution in [3.8, 4) is 0 Å². The lowest BCUT2D eigenvalue weighted by molar-refractivity contribution is 0.327. The van der Waals surface area contributed by atoms with E-state index in [1.54, 1.807) is 12.3 Å². The molecule has 1 unspecified atom stereocenters. The molecule has 0 radical (unpaired) electrons. The Balaban J connectivity index is 1.85. The van der Waals surface area contributed by atoms with Gasteiger partial charge >= 0.3 is 0 Å². The van der Waals surface area contributed by atoms with E-state index in [0.717, 1.165) is 29.5 Å². The van der Waals surface area contributed by atoms with Crippen LogP contribution in [0.25, 0.3) is 16.6 Å². The van der Waals surface area contributed by atoms with Crippen LogP contribution in [0.1, 0.15) is 38.3 Å². The Morgan fingerprint density at radius 3 is 2.59 bits per heavy atom. The molecule has 1 heterocycles. The molecule has 1 atom stereocenters. The number of hydrogen-bond donors (Lipinski definition) is 1. The number of halogens is 1. The van der Waals surface area contributed by atoms with Gasteiger partial charge in [-0.05, 0) is 43.4 Å². The number of aromatic nitrogens is 1. The molecule has 0 aliphatic carbocycles. The normalized spacial score (nSPS) is 13.5. The van der Waals surface area contributed by atoms with Gasteiger partial charge in [0.05, 0.1) is 0 Å². The van der Waals surface area contributed by atoms with Gasteiger partial charge in [0.2, 0.25) is 0 Å². The van der Waals surface area contributed by atoms with Crippen molar-refractivity contribution in [1.29, 1.82) is 0 Å². The zero-order valence-electron chi connectivity index (χ0n) is 16.3. The number of hydrogen-bond acceptors (Lipinski definition) is 2. The summed E-state index contributed by atoms with van der Waals surface area (Å²) in [7, 11) is 0. The third-order valence-electron chi connectivity index (χ3n) is 4.76. The van der Waals surface area contributed by atoms with Crippen LogP contribution in [0.5, 0.6) is 0 Å². The third kappa shape index (κ3) is 4.73. The Bertz CT molecular complexity index is 934. The molecule has 140 valence electrons. The smallest absolute Gasteiger partial charge is 0.149 e. The largest absolute Gasteiger partial charge is 0.379 e. The average Bonchev–Trinajstić information content (AvgIpc) is 2.61. The Morgan fingerprint density at radius 1 is 1.15 bits per heavy atom. The minimum Gasteiger partial charge on any atom is -0.379 e. The summed E-state index contributed by atoms with van der Waals surface area (Å²) in [5, 5.41) is 4.42. The molecule has 3 heteroatoms. The summed E-state index contributed by atoms with van der Waals surface area (Å²) in [5.41, 5.74) is 3.25. The first-order valence-corrected chi connectivity index (χ1v) is 9.42. The molecule has 0 aliphatic rings. The Labute approximate surface area is 161 Å². The molecule has 2 aromatic carbocycles. The summed E-state index contributed by atoms with van der Waals surface area (Å²) in [5.74, 6) is 0.245. The van der Waals surface area contributed by atoms with Gasteiger partial charge in [-0.1, -0.05) is 62.9 Å². The Morgan fingerprint density at radius 2 is 1.89 bits per heavy atom. The lowest BCUT2D eigenvalue weighted by Gasteiger charge is -2.35. The summed E-state index contributed by atoms with van der Waals surface area (Å²) in [6, 6.07) is 17.4. The number of nitrogens with one attached hydrogen (secondary N) is 1. The second-order valence-corrected chi connectivity index (χ2v) is 7.96. The molecule has 0 bridgehead atoms. The van der Waals surface area contributed by atoms with Crippen LogP contribution in [0.4, 0.5) is 4.39 Å². The maximum Gasteiger partial charge on any atom is 0.149 e. The molecule has 0 spiro atoms. The lowest BCUT2D eigenvalue weighted by atomic mass is 9.84. The molecular formula is C24H27FN2. The quantitative estimate of drug-likeness (QED) is 0.559. The fourth-order valence-electron chi connectivity index (χ4n) is 3.84. The summed E-state index contributed by atoms with van der Waals surface area (Å²) < 4.78 is 13.9. The molecule has 1 aromatic heterocycles. The molecule has 27 heavy (non-hydrogen) atoms. The van der Waals surface area contributed by atoms with Crippen molar-refractivity contribution in [2.45, 2.75) is 39.2 Å². The molecule has 3 aromatic rings. The van der Waals surface area contributed by atoms with Crippen LogP contribution in [0.3, 0.4) is 0 Å². The van der Waals surface area contributed by atoms with Crippen LogP contribution in [0, 0.1) is 11.7 Å². The predicted octanol–water partition coefficient (Wildman–Crippen LogP) is 5.98. The van der Waals surface area contributed by atoms with Crippen LogP contribution < -0.4 is 5.32 Å². The van der Waals surface area contributed by atoms with E-state index in [-0.39, 0.29) is 11.4 Å². The second kappa shape index (κ2) is 7.91. The van der Waals surface area contributed by atoms with Crippen molar-refractivity contribution in [2.75, 3.05) is 0 Å². The minimum atomic E-state index is -0.300. The molecule has 0 saturated carbocycles. The SMILES string of the molecule is C=C(NC(C)(Cc1ccccc1)CC(C)C)c1cnc2c(F)cccc2c1. The fourth-order valence-corrected chi connectivity index (χ4v) is 3.84. The first-order valence-electron chi connectivity index (χ1n) is 9.42. The van der Waals surface area contributed by atoms with E-state index in [1.807, 2.05) is 18.2 Å². The van der Waals surface area contributed by atoms with E-state index in [9.17, 15) is 4.39 Å². The summed E-state index contributed by atoms with van der Waals surface area (Å²) in [4.78, 5) is 4.30. The Kier molecular flexibility index (Phi) is 5.59. The number of pyridine rings is 1. The standard InChI is InChI=1S/C24H27FN2/c1-17(2)14-24(4,15-19-9-6-5-7-10-19)27-18(3)21-13-20-11-8-12-22(25)23(20)26-16-21/h5-13,16-17,27H,3,14-15H2,1-2,4H3. The number of benzene rings is 2. The second-order valence-electron chi connectivity index (χ2n) is 7.96. The van der Waals surface area contributed by atoms with E-state index in [0.29, 0.717) is 11.4 Å². The summed E-state index contributed by atoms with van der Waals surface area (Å²) >= 11 is 0. The highest BCUT2D eigenvalue weighted by Crippen LogP contribution is 2.26. The average molecular weight is 362 g/mol. The number of rotatable bonds is 7. The van der Waals surface area contributed by atoms with Gasteiger partial charge in [0.1, 0.15) is 11.3 Å². The van der Waals surface area contributed by atoms with Crippen LogP contribution in [-0.4, -0.2) is 10.5 Å². The van der Waals surface area contributed by atoms with Gasteiger partial charge in [-0.2, -0.15) is 0 Å². The van der Waals surface area contributed by atoms with Crippen LogP contribution in [0.15, 0.2) is 67.4 Å². The van der Waals surface area contributed by atoms with Gasteiger partial charge in [-0.15, -0.1) is 0 Å². The Hall–Kier alpha value is -2.68. The zero-order valence-corrected chi connectivity index (χ0v) is 16.3. The van der Waals surface area contributed by atoms with Crippen molar-refractivity contribution < 1.29 is 4.39 Å². The van der Waals surface area contributed by atoms with Crippen LogP contribution in [-0.2, 0) is 6.42 Å². The molecule has 0 amide bonds. The van der Waals surface area contributed by atoms with E-state index in [4.69, 9.17) is 0 Å². The van der Waals surface area contributed by atoms with E-state index in [1.165, 1.54) is 11.6 Å². The summed E-state index contributed by atoms with van der Waals surface area (Å²) in [6.07, 6.45) is 3.61. The van der Waals surface area contributed by atoms with E-state index in [2.05, 4.69) is 61.9 Å². The molecule has 0 aliphatic heterocycles. The van der Waals surface area contributed by atoms with E-state index < -0.39 is 0 Å². The first-order chi connectivity index (χ1) is 12.9. The van der Waals surface area contributed by atoms with Gasteiger partial charge < -0.3 is 5.32 Å². The highest BCUT2D eigenvalue weighted by atomic mass is 19.1. The highest BCUT2D eigenvalue weighted by molar-refractivity contribution is 5.82. The maximum absolute atomic E-state index is 13.9. The molecule has 0 fully saturated rings. The lowest BCUT2D eigenvalue weighted by Crippen LogP contribution is -2.44. The highest BCUT2D eigenvalue weighted by Gasteiger charge is 2.26. The first kappa shape index (κ1) is 19.1. The van der Waals surface area contributed by atoms with Gasteiger partial charge in [0, 0.05) is 28.4 Å². The topological polar surface area (TPSA) is 24.9 Å². The van der Waals surface area contributed by atoms with Gasteiger partial charge in [0.25, 0.3) is 0 Å². The minimum absolute atomic E-state index is 0.135. The van der Waals surface area contributed by atoms with Crippen molar-refractivity contribution in [2.24, 2.45) is 5.92 Å². The van der Waals surface area contributed by atoms with E-state index >= 15 is 0 Å². The maximum atomic E-state index is 13.9. The predicted molar refractivity (Wildman–Crippen MR) is 112 cm³/mol. The molecular weight excluding hydrogens is 335 g/mol. The van der Waals surface area contributed by atoms with Crippen LogP contribution >= 0.6 is 0 Å². The monoisotopic (exact) mass is 362 g/mol. The van der Waals surface area contributed by atoms with Gasteiger partial charge in [0.15, 0.2) is 0 Å². The summed E-state index contributed by atoms with van der Waals surface area (Å²) in [6.45, 7) is 10.9. The molecule has 2 nitrogen and oxygen atoms in total. The van der Waals surface area contributed by atoms with Gasteiger partial charge in [-0.25, -0.2) is 4.39 Å². The zero-order chi connectivity index (χ0) is 19.4. The number of para-hydroxylation sites is 1. The third-order valence-corrected chi connectivity index (χ3v) is 4.76. The fraction of sp³-hybridized carbons (Fsp3) is 0.292. The van der Waals surface area contributed by atoms with Crippen molar-refractivity contribution in [3.63, 3.8) is 0 Å². The van der Waals surface area contributed by atoms with Crippen molar-refractivity contribution in [1.82, 2.24) is 10.3 Å². The van der Waals surface area contributed by atoms with Crippen molar-refractivity contribution in [3.05, 3.63) is 84.3 Å². The molecule has 1 N–H and O–H groups in total. The van der Waals surface area contributed by atoms with Crippen molar-refractivity contribution >= 4 is 16.6 Å².